The molecule has 0 rings (SSSR count). The number of ether oxygens (including phenoxy) is 2. The molecule has 0 aromatic rings. The van der Waals surface area contributed by atoms with Crippen molar-refractivity contribution >= 4 is 19.8 Å². The monoisotopic (exact) mass is 776 g/mol. The highest BCUT2D eigenvalue weighted by Crippen LogP contribution is 2.36. The first-order chi connectivity index (χ1) is 26.1. The predicted molar refractivity (Wildman–Crippen MR) is 218 cm³/mol. The van der Waals surface area contributed by atoms with Crippen LogP contribution in [0.15, 0.2) is 97.2 Å². The molecule has 0 saturated carbocycles. The molecule has 0 aromatic heterocycles. The summed E-state index contributed by atoms with van der Waals surface area (Å²) in [7, 11) is -4.84. The predicted octanol–water partition coefficient (Wildman–Crippen LogP) is 9.78. The van der Waals surface area contributed by atoms with Crippen LogP contribution in [-0.4, -0.2) is 63.5 Å². The molecule has 0 bridgehead atoms. The van der Waals surface area contributed by atoms with Gasteiger partial charge >= 0.3 is 19.8 Å². The summed E-state index contributed by atoms with van der Waals surface area (Å²) in [6.45, 7) is 3.32. The number of carbonyl (C=O) groups is 2. The number of allylic oxidation sites excluding steroid dienone is 13. The number of rotatable bonds is 34. The SMILES string of the molecule is CCCCC/C=C\C/C=C\C/C=C\C/C=C\CCCC(=O)OC[C@H](COP(=O)(O)O)OC(=O)CCC[C@@H](O)\C=C/C=C/C=C/[C@@H](O)C/C=C\CCCCC. The molecule has 0 spiro atoms. The second-order valence-electron chi connectivity index (χ2n) is 12.9. The smallest absolute Gasteiger partial charge is 0.462 e. The van der Waals surface area contributed by atoms with E-state index in [4.69, 9.17) is 19.3 Å². The third-order valence-corrected chi connectivity index (χ3v) is 8.25. The highest BCUT2D eigenvalue weighted by Gasteiger charge is 2.23. The quantitative estimate of drug-likeness (QED) is 0.0163. The van der Waals surface area contributed by atoms with Crippen LogP contribution in [0.2, 0.25) is 0 Å². The molecule has 11 heteroatoms. The van der Waals surface area contributed by atoms with Gasteiger partial charge in [0.25, 0.3) is 0 Å². The van der Waals surface area contributed by atoms with E-state index in [0.29, 0.717) is 19.3 Å². The van der Waals surface area contributed by atoms with Gasteiger partial charge in [-0.2, -0.15) is 0 Å². The molecule has 0 aliphatic heterocycles. The Morgan fingerprint density at radius 1 is 0.593 bits per heavy atom. The van der Waals surface area contributed by atoms with Gasteiger partial charge in [0.2, 0.25) is 0 Å². The van der Waals surface area contributed by atoms with Crippen LogP contribution >= 0.6 is 7.82 Å². The number of aliphatic hydroxyl groups excluding tert-OH is 2. The van der Waals surface area contributed by atoms with Crippen molar-refractivity contribution in [3.63, 3.8) is 0 Å². The van der Waals surface area contributed by atoms with Crippen molar-refractivity contribution in [2.24, 2.45) is 0 Å². The standard InChI is InChI=1S/C43H69O10P/c1-3-5-7-9-11-12-13-14-15-16-17-18-19-20-21-23-29-35-42(46)51-37-41(38-52-54(48,49)50)53-43(47)36-30-34-40(45)33-28-25-24-27-32-39(44)31-26-22-10-8-6-4-2/h11-12,14-15,17-18,20-22,24-28,32-33,39-41,44-45H,3-10,13,16,19,23,29-31,34-38H2,1-2H3,(H2,48,49,50)/b12-11-,15-14-,18-17-,21-20-,25-24+,26-22-,32-27+,33-28-/t39-,40-,41+/m0/s1. The van der Waals surface area contributed by atoms with E-state index in [0.717, 1.165) is 38.5 Å². The van der Waals surface area contributed by atoms with Crippen LogP contribution in [0.1, 0.15) is 129 Å². The number of unbranched alkanes of at least 4 members (excludes halogenated alkanes) is 7. The largest absolute Gasteiger partial charge is 0.469 e. The highest BCUT2D eigenvalue weighted by molar-refractivity contribution is 7.46. The van der Waals surface area contributed by atoms with Crippen LogP contribution in [0.5, 0.6) is 0 Å². The van der Waals surface area contributed by atoms with Crippen molar-refractivity contribution in [1.29, 1.82) is 0 Å². The minimum atomic E-state index is -4.84. The van der Waals surface area contributed by atoms with Crippen molar-refractivity contribution in [3.05, 3.63) is 97.2 Å². The fraction of sp³-hybridized carbons (Fsp3) is 0.581. The van der Waals surface area contributed by atoms with Gasteiger partial charge in [-0.05, 0) is 77.0 Å². The number of esters is 2. The summed E-state index contributed by atoms with van der Waals surface area (Å²) in [4.78, 5) is 42.8. The van der Waals surface area contributed by atoms with E-state index in [1.807, 2.05) is 18.2 Å². The molecule has 3 atom stereocenters. The van der Waals surface area contributed by atoms with Gasteiger partial charge in [-0.3, -0.25) is 14.1 Å². The van der Waals surface area contributed by atoms with E-state index in [1.165, 1.54) is 32.1 Å². The van der Waals surface area contributed by atoms with Gasteiger partial charge in [-0.15, -0.1) is 0 Å². The number of phosphoric acid groups is 1. The molecule has 0 unspecified atom stereocenters. The van der Waals surface area contributed by atoms with Gasteiger partial charge in [0.05, 0.1) is 18.8 Å². The summed E-state index contributed by atoms with van der Waals surface area (Å²) in [6.07, 6.45) is 43.3. The zero-order valence-corrected chi connectivity index (χ0v) is 33.7. The second kappa shape index (κ2) is 36.8. The Bertz CT molecular complexity index is 1220. The molecular weight excluding hydrogens is 707 g/mol. The Kier molecular flexibility index (Phi) is 34.7. The van der Waals surface area contributed by atoms with E-state index in [-0.39, 0.29) is 25.7 Å². The zero-order valence-electron chi connectivity index (χ0n) is 32.8. The molecule has 306 valence electrons. The maximum Gasteiger partial charge on any atom is 0.469 e. The average Bonchev–Trinajstić information content (AvgIpc) is 3.13. The molecule has 4 N–H and O–H groups in total. The van der Waals surface area contributed by atoms with Crippen LogP contribution in [-0.2, 0) is 28.2 Å². The fourth-order valence-electron chi connectivity index (χ4n) is 4.73. The molecular formula is C43H69O10P. The number of phosphoric ester groups is 1. The van der Waals surface area contributed by atoms with E-state index < -0.39 is 51.3 Å². The lowest BCUT2D eigenvalue weighted by Gasteiger charge is -2.18. The molecule has 0 fully saturated rings. The Morgan fingerprint density at radius 3 is 1.65 bits per heavy atom. The lowest BCUT2D eigenvalue weighted by Crippen LogP contribution is -2.29. The number of hydrogen-bond donors (Lipinski definition) is 4. The maximum atomic E-state index is 12.4. The van der Waals surface area contributed by atoms with E-state index in [1.54, 1.807) is 36.5 Å². The highest BCUT2D eigenvalue weighted by atomic mass is 31.2. The Balaban J connectivity index is 4.35. The van der Waals surface area contributed by atoms with Gasteiger partial charge in [0, 0.05) is 12.8 Å². The van der Waals surface area contributed by atoms with Crippen LogP contribution in [0.25, 0.3) is 0 Å². The maximum absolute atomic E-state index is 12.4. The average molecular weight is 777 g/mol. The molecule has 0 heterocycles. The Morgan fingerprint density at radius 2 is 1.09 bits per heavy atom. The van der Waals surface area contributed by atoms with Crippen LogP contribution in [0.3, 0.4) is 0 Å². The first-order valence-corrected chi connectivity index (χ1v) is 21.3. The van der Waals surface area contributed by atoms with Crippen LogP contribution in [0, 0.1) is 0 Å². The third kappa shape index (κ3) is 38.6. The van der Waals surface area contributed by atoms with Crippen LogP contribution < -0.4 is 0 Å². The molecule has 0 saturated heterocycles. The third-order valence-electron chi connectivity index (χ3n) is 7.77. The van der Waals surface area contributed by atoms with Crippen molar-refractivity contribution in [2.75, 3.05) is 13.2 Å². The molecule has 0 radical (unpaired) electrons. The molecule has 0 aliphatic carbocycles. The lowest BCUT2D eigenvalue weighted by molar-refractivity contribution is -0.161. The topological polar surface area (TPSA) is 160 Å². The molecule has 0 aliphatic rings. The van der Waals surface area contributed by atoms with E-state index >= 15 is 0 Å². The number of hydrogen-bond acceptors (Lipinski definition) is 8. The fourth-order valence-corrected chi connectivity index (χ4v) is 5.09. The summed E-state index contributed by atoms with van der Waals surface area (Å²) in [6, 6.07) is 0. The molecule has 0 amide bonds. The van der Waals surface area contributed by atoms with Gasteiger partial charge < -0.3 is 29.5 Å². The number of aliphatic hydroxyl groups is 2. The van der Waals surface area contributed by atoms with Gasteiger partial charge in [0.15, 0.2) is 6.10 Å². The first kappa shape index (κ1) is 50.9. The van der Waals surface area contributed by atoms with Gasteiger partial charge in [-0.25, -0.2) is 4.57 Å². The Hall–Kier alpha value is -3.11. The van der Waals surface area contributed by atoms with Crippen molar-refractivity contribution in [2.45, 2.75) is 148 Å². The van der Waals surface area contributed by atoms with Crippen LogP contribution in [0.4, 0.5) is 0 Å². The van der Waals surface area contributed by atoms with Crippen molar-refractivity contribution in [3.8, 4) is 0 Å². The summed E-state index contributed by atoms with van der Waals surface area (Å²) in [5.41, 5.74) is 0. The zero-order chi connectivity index (χ0) is 40.0. The molecule has 0 aromatic carbocycles. The normalized spacial score (nSPS) is 14.7. The number of carbonyl (C=O) groups excluding carboxylic acids is 2. The van der Waals surface area contributed by atoms with E-state index in [2.05, 4.69) is 60.9 Å². The van der Waals surface area contributed by atoms with E-state index in [9.17, 15) is 24.4 Å². The van der Waals surface area contributed by atoms with Crippen molar-refractivity contribution in [1.82, 2.24) is 0 Å². The summed E-state index contributed by atoms with van der Waals surface area (Å²) in [5, 5.41) is 20.2. The molecule has 54 heavy (non-hydrogen) atoms. The first-order valence-electron chi connectivity index (χ1n) is 19.7. The minimum absolute atomic E-state index is 0.0656. The van der Waals surface area contributed by atoms with Gasteiger partial charge in [0.1, 0.15) is 6.61 Å². The van der Waals surface area contributed by atoms with Crippen molar-refractivity contribution < 1.29 is 48.2 Å². The second-order valence-corrected chi connectivity index (χ2v) is 14.2. The summed E-state index contributed by atoms with van der Waals surface area (Å²) in [5.74, 6) is -1.20. The summed E-state index contributed by atoms with van der Waals surface area (Å²) >= 11 is 0. The van der Waals surface area contributed by atoms with Gasteiger partial charge in [-0.1, -0.05) is 137 Å². The summed E-state index contributed by atoms with van der Waals surface area (Å²) < 4.78 is 26.1. The lowest BCUT2D eigenvalue weighted by atomic mass is 10.1. The Labute approximate surface area is 325 Å². The minimum Gasteiger partial charge on any atom is -0.462 e. The molecule has 10 nitrogen and oxygen atoms in total.